The Morgan fingerprint density at radius 2 is 2.03 bits per heavy atom. The van der Waals surface area contributed by atoms with E-state index < -0.39 is 0 Å². The second-order valence-corrected chi connectivity index (χ2v) is 7.80. The number of methoxy groups -OCH3 is 1. The van der Waals surface area contributed by atoms with Crippen molar-refractivity contribution in [3.05, 3.63) is 23.9 Å². The number of nitrogens with one attached hydrogen (secondary N) is 2. The average Bonchev–Trinajstić information content (AvgIpc) is 2.69. The lowest BCUT2D eigenvalue weighted by molar-refractivity contribution is 0.413. The van der Waals surface area contributed by atoms with E-state index >= 15 is 0 Å². The van der Waals surface area contributed by atoms with Crippen molar-refractivity contribution in [3.63, 3.8) is 0 Å². The van der Waals surface area contributed by atoms with Crippen molar-refractivity contribution in [1.29, 1.82) is 5.26 Å². The Bertz CT molecular complexity index is 920. The van der Waals surface area contributed by atoms with Gasteiger partial charge in [0.25, 0.3) is 0 Å². The fourth-order valence-electron chi connectivity index (χ4n) is 3.15. The number of benzene rings is 1. The van der Waals surface area contributed by atoms with Gasteiger partial charge in [0.1, 0.15) is 23.2 Å². The number of hydrogen-bond donors (Lipinski definition) is 3. The van der Waals surface area contributed by atoms with Gasteiger partial charge in [-0.05, 0) is 39.4 Å². The molecule has 9 heteroatoms. The Kier molecular flexibility index (Phi) is 6.79. The number of nitrogens with two attached hydrogens (primary N) is 1. The van der Waals surface area contributed by atoms with Crippen molar-refractivity contribution in [2.75, 3.05) is 62.6 Å². The maximum atomic E-state index is 9.35. The summed E-state index contributed by atoms with van der Waals surface area (Å²) in [5, 5.41) is 15.9. The highest BCUT2D eigenvalue weighted by Crippen LogP contribution is 2.36. The van der Waals surface area contributed by atoms with E-state index in [1.54, 1.807) is 7.11 Å². The molecule has 1 fully saturated rings. The van der Waals surface area contributed by atoms with Gasteiger partial charge in [-0.3, -0.25) is 0 Å². The number of nitrogen functional groups attached to an aromatic ring is 1. The van der Waals surface area contributed by atoms with Crippen molar-refractivity contribution in [1.82, 2.24) is 14.9 Å². The zero-order valence-electron chi connectivity index (χ0n) is 18.1. The first kappa shape index (κ1) is 21.5. The maximum Gasteiger partial charge on any atom is 0.229 e. The Hall–Kier alpha value is -3.25. The lowest BCUT2D eigenvalue weighted by Gasteiger charge is -2.27. The van der Waals surface area contributed by atoms with E-state index in [-0.39, 0.29) is 0 Å². The summed E-state index contributed by atoms with van der Waals surface area (Å²) in [5.74, 6) is 1.56. The Balaban J connectivity index is 1.83. The molecule has 0 unspecified atom stereocenters. The Morgan fingerprint density at radius 1 is 1.27 bits per heavy atom. The molecule has 0 atom stereocenters. The summed E-state index contributed by atoms with van der Waals surface area (Å²) in [7, 11) is 7.69. The van der Waals surface area contributed by atoms with Gasteiger partial charge in [-0.25, -0.2) is 4.98 Å². The number of hydrogen-bond acceptors (Lipinski definition) is 9. The molecule has 9 nitrogen and oxygen atoms in total. The number of rotatable bonds is 9. The van der Waals surface area contributed by atoms with Gasteiger partial charge >= 0.3 is 0 Å². The van der Waals surface area contributed by atoms with Crippen molar-refractivity contribution in [2.24, 2.45) is 0 Å². The van der Waals surface area contributed by atoms with Gasteiger partial charge < -0.3 is 30.9 Å². The summed E-state index contributed by atoms with van der Waals surface area (Å²) in [6.07, 6.45) is 4.90. The zero-order valence-corrected chi connectivity index (χ0v) is 18.1. The summed E-state index contributed by atoms with van der Waals surface area (Å²) in [6.45, 7) is 1.75. The lowest BCUT2D eigenvalue weighted by atomic mass is 9.93. The molecule has 0 radical (unpaired) electrons. The predicted molar refractivity (Wildman–Crippen MR) is 121 cm³/mol. The molecular formula is C21H30N8O. The number of aromatic nitrogens is 2. The monoisotopic (exact) mass is 410 g/mol. The molecule has 1 aliphatic rings. The molecule has 1 aromatic carbocycles. The third-order valence-corrected chi connectivity index (χ3v) is 5.24. The quantitative estimate of drug-likeness (QED) is 0.537. The molecule has 1 aliphatic carbocycles. The highest BCUT2D eigenvalue weighted by Gasteiger charge is 2.20. The molecule has 0 aliphatic heterocycles. The van der Waals surface area contributed by atoms with Gasteiger partial charge in [-0.15, -0.1) is 0 Å². The van der Waals surface area contributed by atoms with E-state index in [9.17, 15) is 5.26 Å². The smallest absolute Gasteiger partial charge is 0.229 e. The first-order valence-electron chi connectivity index (χ1n) is 10.0. The minimum atomic E-state index is 0.363. The van der Waals surface area contributed by atoms with Crippen LogP contribution in [0.2, 0.25) is 0 Å². The highest BCUT2D eigenvalue weighted by molar-refractivity contribution is 5.79. The molecule has 0 saturated heterocycles. The lowest BCUT2D eigenvalue weighted by Crippen LogP contribution is -2.29. The fourth-order valence-corrected chi connectivity index (χ4v) is 3.15. The van der Waals surface area contributed by atoms with Gasteiger partial charge in [-0.1, -0.05) is 0 Å². The Morgan fingerprint density at radius 3 is 2.63 bits per heavy atom. The highest BCUT2D eigenvalue weighted by atomic mass is 16.5. The minimum absolute atomic E-state index is 0.363. The summed E-state index contributed by atoms with van der Waals surface area (Å²) in [4.78, 5) is 13.0. The van der Waals surface area contributed by atoms with Crippen LogP contribution >= 0.6 is 0 Å². The van der Waals surface area contributed by atoms with E-state index in [1.165, 1.54) is 12.6 Å². The van der Waals surface area contributed by atoms with Gasteiger partial charge in [0.15, 0.2) is 0 Å². The first-order valence-corrected chi connectivity index (χ1v) is 10.0. The van der Waals surface area contributed by atoms with Crippen LogP contribution in [0.1, 0.15) is 24.8 Å². The van der Waals surface area contributed by atoms with Gasteiger partial charge in [-0.2, -0.15) is 10.2 Å². The second-order valence-electron chi connectivity index (χ2n) is 7.80. The largest absolute Gasteiger partial charge is 0.494 e. The third kappa shape index (κ3) is 5.02. The van der Waals surface area contributed by atoms with E-state index in [4.69, 9.17) is 10.5 Å². The van der Waals surface area contributed by atoms with Gasteiger partial charge in [0.05, 0.1) is 30.4 Å². The summed E-state index contributed by atoms with van der Waals surface area (Å²) >= 11 is 0. The molecule has 4 N–H and O–H groups in total. The average molecular weight is 411 g/mol. The molecule has 160 valence electrons. The normalized spacial score (nSPS) is 13.5. The van der Waals surface area contributed by atoms with Crippen LogP contribution < -0.4 is 26.0 Å². The third-order valence-electron chi connectivity index (χ3n) is 5.24. The molecule has 1 saturated carbocycles. The SMILES string of the molecule is COc1cc(N(C)CCN(C)C)c(N)cc1Nc1ncc(C#N)c(NC2CCC2)n1. The molecule has 1 aromatic heterocycles. The maximum absolute atomic E-state index is 9.35. The first-order chi connectivity index (χ1) is 14.4. The van der Waals surface area contributed by atoms with E-state index in [0.29, 0.717) is 40.5 Å². The van der Waals surface area contributed by atoms with Crippen LogP contribution in [0.4, 0.5) is 28.8 Å². The number of ether oxygens (including phenoxy) is 1. The fraction of sp³-hybridized carbons (Fsp3) is 0.476. The van der Waals surface area contributed by atoms with Crippen molar-refractivity contribution in [2.45, 2.75) is 25.3 Å². The van der Waals surface area contributed by atoms with Crippen LogP contribution in [0.5, 0.6) is 5.75 Å². The molecule has 30 heavy (non-hydrogen) atoms. The summed E-state index contributed by atoms with van der Waals surface area (Å²) in [6, 6.07) is 6.23. The molecule has 0 spiro atoms. The van der Waals surface area contributed by atoms with E-state index in [1.807, 2.05) is 33.3 Å². The van der Waals surface area contributed by atoms with Crippen molar-refractivity contribution in [3.8, 4) is 11.8 Å². The van der Waals surface area contributed by atoms with Crippen LogP contribution in [0.3, 0.4) is 0 Å². The summed E-state index contributed by atoms with van der Waals surface area (Å²) in [5.41, 5.74) is 8.94. The standard InChI is InChI=1S/C21H30N8O/c1-28(2)8-9-29(3)18-11-19(30-4)17(10-16(18)23)26-21-24-13-14(12-22)20(27-21)25-15-6-5-7-15/h10-11,13,15H,5-9,23H2,1-4H3,(H2,24,25,26,27). The molecule has 1 heterocycles. The predicted octanol–water partition coefficient (Wildman–Crippen LogP) is 2.64. The van der Waals surface area contributed by atoms with E-state index in [0.717, 1.165) is 31.6 Å². The van der Waals surface area contributed by atoms with Gasteiger partial charge in [0, 0.05) is 32.2 Å². The second kappa shape index (κ2) is 9.50. The topological polar surface area (TPSA) is 115 Å². The van der Waals surface area contributed by atoms with Crippen LogP contribution in [-0.2, 0) is 0 Å². The molecule has 0 bridgehead atoms. The van der Waals surface area contributed by atoms with Crippen LogP contribution in [-0.4, -0.2) is 62.3 Å². The van der Waals surface area contributed by atoms with Crippen LogP contribution in [0.25, 0.3) is 0 Å². The van der Waals surface area contributed by atoms with Crippen molar-refractivity contribution < 1.29 is 4.74 Å². The number of nitrogens with zero attached hydrogens (tertiary/aromatic N) is 5. The van der Waals surface area contributed by atoms with Crippen LogP contribution in [0, 0.1) is 11.3 Å². The minimum Gasteiger partial charge on any atom is -0.494 e. The zero-order chi connectivity index (χ0) is 21.7. The molecule has 0 amide bonds. The number of likely N-dealkylation sites (N-methyl/N-ethyl adjacent to an activating group) is 2. The Labute approximate surface area is 177 Å². The molecular weight excluding hydrogens is 380 g/mol. The number of nitriles is 1. The summed E-state index contributed by atoms with van der Waals surface area (Å²) < 4.78 is 5.58. The van der Waals surface area contributed by atoms with Crippen LogP contribution in [0.15, 0.2) is 18.3 Å². The molecule has 2 aromatic rings. The molecule has 3 rings (SSSR count). The van der Waals surface area contributed by atoms with Crippen molar-refractivity contribution >= 4 is 28.8 Å². The van der Waals surface area contributed by atoms with Gasteiger partial charge in [0.2, 0.25) is 5.95 Å². The van der Waals surface area contributed by atoms with E-state index in [2.05, 4.69) is 36.5 Å². The number of anilines is 5.